The van der Waals surface area contributed by atoms with Gasteiger partial charge in [-0.2, -0.15) is 0 Å². The molecule has 0 aliphatic rings. The molecule has 3 rings (SSSR count). The first-order valence-corrected chi connectivity index (χ1v) is 11.3. The summed E-state index contributed by atoms with van der Waals surface area (Å²) in [7, 11) is 0. The first-order valence-electron chi connectivity index (χ1n) is 9.56. The highest BCUT2D eigenvalue weighted by Gasteiger charge is 2.21. The second-order valence-electron chi connectivity index (χ2n) is 6.58. The largest absolute Gasteiger partial charge is 0.342 e. The highest BCUT2D eigenvalue weighted by atomic mass is 35.5. The quantitative estimate of drug-likeness (QED) is 0.453. The van der Waals surface area contributed by atoms with Crippen LogP contribution in [0.15, 0.2) is 53.7 Å². The van der Waals surface area contributed by atoms with Crippen LogP contribution in [-0.4, -0.2) is 32.3 Å². The molecule has 2 N–H and O–H groups in total. The molecule has 0 saturated heterocycles. The third-order valence-electron chi connectivity index (χ3n) is 4.40. The maximum absolute atomic E-state index is 12.5. The van der Waals surface area contributed by atoms with Crippen molar-refractivity contribution in [3.05, 3.63) is 70.0 Å². The Balaban J connectivity index is 1.64. The predicted molar refractivity (Wildman–Crippen MR) is 124 cm³/mol. The average molecular weight is 478 g/mol. The number of rotatable bonds is 8. The SMILES string of the molecule is CCn1c(SCC(=O)Nc2ccccc2Cl)nnc1[C@@H](C)NC(=O)c1ccccc1Cl. The van der Waals surface area contributed by atoms with E-state index in [1.165, 1.54) is 11.8 Å². The molecule has 2 amide bonds. The second-order valence-corrected chi connectivity index (χ2v) is 8.33. The number of amides is 2. The molecule has 0 spiro atoms. The molecule has 2 aromatic carbocycles. The lowest BCUT2D eigenvalue weighted by Crippen LogP contribution is -2.29. The summed E-state index contributed by atoms with van der Waals surface area (Å²) in [5, 5.41) is 15.5. The fourth-order valence-corrected chi connectivity index (χ4v) is 4.10. The van der Waals surface area contributed by atoms with Crippen LogP contribution in [0.1, 0.15) is 36.1 Å². The van der Waals surface area contributed by atoms with Gasteiger partial charge in [0.1, 0.15) is 0 Å². The van der Waals surface area contributed by atoms with Crippen LogP contribution in [0.3, 0.4) is 0 Å². The van der Waals surface area contributed by atoms with Crippen LogP contribution in [0.5, 0.6) is 0 Å². The van der Waals surface area contributed by atoms with Gasteiger partial charge in [0.2, 0.25) is 5.91 Å². The van der Waals surface area contributed by atoms with E-state index in [2.05, 4.69) is 20.8 Å². The third kappa shape index (κ3) is 5.78. The number of halogens is 2. The smallest absolute Gasteiger partial charge is 0.253 e. The minimum absolute atomic E-state index is 0.143. The molecule has 0 radical (unpaired) electrons. The van der Waals surface area contributed by atoms with Gasteiger partial charge in [-0.05, 0) is 38.1 Å². The molecule has 0 bridgehead atoms. The normalized spacial score (nSPS) is 11.7. The fourth-order valence-electron chi connectivity index (χ4n) is 2.89. The summed E-state index contributed by atoms with van der Waals surface area (Å²) in [5.74, 6) is 0.239. The number of aromatic nitrogens is 3. The van der Waals surface area contributed by atoms with E-state index in [-0.39, 0.29) is 17.6 Å². The van der Waals surface area contributed by atoms with Crippen LogP contribution < -0.4 is 10.6 Å². The minimum Gasteiger partial charge on any atom is -0.342 e. The summed E-state index contributed by atoms with van der Waals surface area (Å²) in [5.41, 5.74) is 0.952. The summed E-state index contributed by atoms with van der Waals surface area (Å²) in [6.45, 7) is 4.36. The number of carbonyl (C=O) groups is 2. The lowest BCUT2D eigenvalue weighted by Gasteiger charge is -2.15. The topological polar surface area (TPSA) is 88.9 Å². The number of para-hydroxylation sites is 1. The highest BCUT2D eigenvalue weighted by molar-refractivity contribution is 7.99. The van der Waals surface area contributed by atoms with Crippen LogP contribution in [0.4, 0.5) is 5.69 Å². The van der Waals surface area contributed by atoms with E-state index in [1.54, 1.807) is 48.5 Å². The van der Waals surface area contributed by atoms with Crippen molar-refractivity contribution in [3.63, 3.8) is 0 Å². The molecule has 0 aliphatic heterocycles. The highest BCUT2D eigenvalue weighted by Crippen LogP contribution is 2.24. The van der Waals surface area contributed by atoms with Gasteiger partial charge >= 0.3 is 0 Å². The Morgan fingerprint density at radius 2 is 1.74 bits per heavy atom. The lowest BCUT2D eigenvalue weighted by atomic mass is 10.2. The van der Waals surface area contributed by atoms with Crippen molar-refractivity contribution in [2.75, 3.05) is 11.1 Å². The van der Waals surface area contributed by atoms with Crippen molar-refractivity contribution in [1.82, 2.24) is 20.1 Å². The van der Waals surface area contributed by atoms with Crippen LogP contribution >= 0.6 is 35.0 Å². The number of benzene rings is 2. The number of hydrogen-bond donors (Lipinski definition) is 2. The molecule has 3 aromatic rings. The Hall–Kier alpha value is -2.55. The van der Waals surface area contributed by atoms with Crippen LogP contribution in [-0.2, 0) is 11.3 Å². The van der Waals surface area contributed by atoms with E-state index < -0.39 is 6.04 Å². The molecule has 1 heterocycles. The monoisotopic (exact) mass is 477 g/mol. The second kappa shape index (κ2) is 10.7. The van der Waals surface area contributed by atoms with Crippen LogP contribution in [0.25, 0.3) is 0 Å². The summed E-state index contributed by atoms with van der Waals surface area (Å²) < 4.78 is 1.87. The summed E-state index contributed by atoms with van der Waals surface area (Å²) in [4.78, 5) is 24.8. The molecule has 0 fully saturated rings. The van der Waals surface area contributed by atoms with Crippen LogP contribution in [0, 0.1) is 0 Å². The van der Waals surface area contributed by atoms with E-state index >= 15 is 0 Å². The molecule has 1 atom stereocenters. The van der Waals surface area contributed by atoms with Gasteiger partial charge in [0.25, 0.3) is 5.91 Å². The van der Waals surface area contributed by atoms with Gasteiger partial charge in [0, 0.05) is 6.54 Å². The molecular formula is C21H21Cl2N5O2S. The number of nitrogens with zero attached hydrogens (tertiary/aromatic N) is 3. The number of anilines is 1. The van der Waals surface area contributed by atoms with E-state index in [1.807, 2.05) is 18.4 Å². The molecule has 0 unspecified atom stereocenters. The van der Waals surface area contributed by atoms with Crippen molar-refractivity contribution >= 4 is 52.5 Å². The fraction of sp³-hybridized carbons (Fsp3) is 0.238. The molecule has 0 aliphatic carbocycles. The number of hydrogen-bond acceptors (Lipinski definition) is 5. The summed E-state index contributed by atoms with van der Waals surface area (Å²) >= 11 is 13.4. The molecule has 1 aromatic heterocycles. The Labute approximate surface area is 194 Å². The van der Waals surface area contributed by atoms with Crippen molar-refractivity contribution in [2.24, 2.45) is 0 Å². The molecule has 162 valence electrons. The van der Waals surface area contributed by atoms with Crippen LogP contribution in [0.2, 0.25) is 10.0 Å². The zero-order valence-electron chi connectivity index (χ0n) is 16.9. The minimum atomic E-state index is -0.400. The zero-order valence-corrected chi connectivity index (χ0v) is 19.3. The predicted octanol–water partition coefficient (Wildman–Crippen LogP) is 4.83. The van der Waals surface area contributed by atoms with Gasteiger partial charge in [-0.3, -0.25) is 9.59 Å². The first-order chi connectivity index (χ1) is 14.9. The molecule has 7 nitrogen and oxygen atoms in total. The van der Waals surface area contributed by atoms with Crippen molar-refractivity contribution < 1.29 is 9.59 Å². The van der Waals surface area contributed by atoms with Crippen molar-refractivity contribution in [1.29, 1.82) is 0 Å². The molecule has 10 heteroatoms. The Bertz CT molecular complexity index is 1090. The van der Waals surface area contributed by atoms with Gasteiger partial charge in [-0.25, -0.2) is 0 Å². The summed E-state index contributed by atoms with van der Waals surface area (Å²) in [6, 6.07) is 13.5. The van der Waals surface area contributed by atoms with E-state index in [9.17, 15) is 9.59 Å². The van der Waals surface area contributed by atoms with E-state index in [4.69, 9.17) is 23.2 Å². The van der Waals surface area contributed by atoms with Gasteiger partial charge in [-0.15, -0.1) is 10.2 Å². The number of carbonyl (C=O) groups excluding carboxylic acids is 2. The molecule has 31 heavy (non-hydrogen) atoms. The number of nitrogens with one attached hydrogen (secondary N) is 2. The van der Waals surface area contributed by atoms with Gasteiger partial charge in [-0.1, -0.05) is 59.2 Å². The van der Waals surface area contributed by atoms with E-state index in [0.29, 0.717) is 38.8 Å². The Morgan fingerprint density at radius 3 is 2.42 bits per heavy atom. The Kier molecular flexibility index (Phi) is 7.95. The van der Waals surface area contributed by atoms with Gasteiger partial charge in [0.15, 0.2) is 11.0 Å². The first kappa shape index (κ1) is 23.1. The van der Waals surface area contributed by atoms with E-state index in [0.717, 1.165) is 0 Å². The average Bonchev–Trinajstić information content (AvgIpc) is 3.17. The molecule has 0 saturated carbocycles. The lowest BCUT2D eigenvalue weighted by molar-refractivity contribution is -0.113. The van der Waals surface area contributed by atoms with Crippen molar-refractivity contribution in [3.8, 4) is 0 Å². The number of thioether (sulfide) groups is 1. The molecular weight excluding hydrogens is 457 g/mol. The Morgan fingerprint density at radius 1 is 1.06 bits per heavy atom. The summed E-state index contributed by atoms with van der Waals surface area (Å²) in [6.07, 6.45) is 0. The maximum atomic E-state index is 12.5. The maximum Gasteiger partial charge on any atom is 0.253 e. The van der Waals surface area contributed by atoms with Gasteiger partial charge < -0.3 is 15.2 Å². The zero-order chi connectivity index (χ0) is 22.4. The third-order valence-corrected chi connectivity index (χ3v) is 6.02. The van der Waals surface area contributed by atoms with Gasteiger partial charge in [0.05, 0.1) is 33.1 Å². The standard InChI is InChI=1S/C21H21Cl2N5O2S/c1-3-28-19(13(2)24-20(30)14-8-4-5-9-15(14)22)26-27-21(28)31-12-18(29)25-17-11-7-6-10-16(17)23/h4-11,13H,3,12H2,1-2H3,(H,24,30)(H,25,29)/t13-/m1/s1. The van der Waals surface area contributed by atoms with Crippen molar-refractivity contribution in [2.45, 2.75) is 31.6 Å².